The van der Waals surface area contributed by atoms with E-state index < -0.39 is 0 Å². The number of pyridine rings is 1. The molecule has 4 nitrogen and oxygen atoms in total. The zero-order chi connectivity index (χ0) is 14.2. The van der Waals surface area contributed by atoms with Gasteiger partial charge in [-0.05, 0) is 24.6 Å². The van der Waals surface area contributed by atoms with E-state index in [1.807, 2.05) is 36.4 Å². The van der Waals surface area contributed by atoms with Gasteiger partial charge in [-0.1, -0.05) is 25.1 Å². The van der Waals surface area contributed by atoms with Crippen molar-refractivity contribution in [1.82, 2.24) is 4.98 Å². The molecule has 1 N–H and O–H groups in total. The molecule has 0 fully saturated rings. The normalized spacial score (nSPS) is 10.1. The summed E-state index contributed by atoms with van der Waals surface area (Å²) in [6.45, 7) is 3.49. The van der Waals surface area contributed by atoms with Crippen LogP contribution in [0.4, 0.5) is 5.82 Å². The van der Waals surface area contributed by atoms with Crippen LogP contribution in [0.15, 0.2) is 42.6 Å². The van der Waals surface area contributed by atoms with Crippen molar-refractivity contribution in [3.8, 4) is 11.5 Å². The summed E-state index contributed by atoms with van der Waals surface area (Å²) in [5.41, 5.74) is 1.03. The largest absolute Gasteiger partial charge is 0.493 e. The summed E-state index contributed by atoms with van der Waals surface area (Å²) in [6, 6.07) is 11.6. The molecule has 1 aromatic heterocycles. The summed E-state index contributed by atoms with van der Waals surface area (Å²) in [5.74, 6) is 2.35. The third kappa shape index (κ3) is 3.63. The Balaban J connectivity index is 2.06. The lowest BCUT2D eigenvalue weighted by Crippen LogP contribution is -2.07. The monoisotopic (exact) mass is 272 g/mol. The van der Waals surface area contributed by atoms with E-state index in [2.05, 4.69) is 17.2 Å². The van der Waals surface area contributed by atoms with Crippen LogP contribution < -0.4 is 14.8 Å². The Labute approximate surface area is 119 Å². The summed E-state index contributed by atoms with van der Waals surface area (Å²) in [4.78, 5) is 4.35. The van der Waals surface area contributed by atoms with E-state index in [9.17, 15) is 0 Å². The van der Waals surface area contributed by atoms with Crippen molar-refractivity contribution in [2.45, 2.75) is 20.0 Å². The van der Waals surface area contributed by atoms with E-state index in [-0.39, 0.29) is 0 Å². The first kappa shape index (κ1) is 14.2. The van der Waals surface area contributed by atoms with Crippen LogP contribution >= 0.6 is 0 Å². The Kier molecular flexibility index (Phi) is 5.24. The fraction of sp³-hybridized carbons (Fsp3) is 0.312. The number of methoxy groups -OCH3 is 1. The highest BCUT2D eigenvalue weighted by Crippen LogP contribution is 2.27. The number of ether oxygens (including phenoxy) is 2. The van der Waals surface area contributed by atoms with Gasteiger partial charge in [-0.2, -0.15) is 0 Å². The molecule has 0 bridgehead atoms. The molecule has 0 aliphatic rings. The number of anilines is 1. The van der Waals surface area contributed by atoms with Crippen LogP contribution in [-0.2, 0) is 6.61 Å². The molecule has 1 aromatic carbocycles. The zero-order valence-corrected chi connectivity index (χ0v) is 11.9. The van der Waals surface area contributed by atoms with Gasteiger partial charge in [-0.3, -0.25) is 0 Å². The second-order valence-electron chi connectivity index (χ2n) is 4.38. The maximum Gasteiger partial charge on any atom is 0.161 e. The maximum atomic E-state index is 5.83. The number of nitrogens with one attached hydrogen (secondary N) is 1. The van der Waals surface area contributed by atoms with E-state index in [4.69, 9.17) is 9.47 Å². The summed E-state index contributed by atoms with van der Waals surface area (Å²) in [5, 5.41) is 3.31. The third-order valence-electron chi connectivity index (χ3n) is 2.89. The van der Waals surface area contributed by atoms with E-state index in [0.29, 0.717) is 6.61 Å². The minimum atomic E-state index is 0.459. The van der Waals surface area contributed by atoms with Gasteiger partial charge in [0.2, 0.25) is 0 Å². The summed E-state index contributed by atoms with van der Waals surface area (Å²) in [6.07, 6.45) is 2.84. The topological polar surface area (TPSA) is 43.4 Å². The number of benzene rings is 1. The number of para-hydroxylation sites is 2. The van der Waals surface area contributed by atoms with Crippen LogP contribution in [-0.4, -0.2) is 18.6 Å². The Morgan fingerprint density at radius 2 is 1.90 bits per heavy atom. The fourth-order valence-corrected chi connectivity index (χ4v) is 1.85. The molecule has 0 aliphatic carbocycles. The van der Waals surface area contributed by atoms with Gasteiger partial charge in [0, 0.05) is 18.3 Å². The highest BCUT2D eigenvalue weighted by atomic mass is 16.5. The lowest BCUT2D eigenvalue weighted by Gasteiger charge is -2.13. The van der Waals surface area contributed by atoms with Crippen molar-refractivity contribution >= 4 is 5.82 Å². The van der Waals surface area contributed by atoms with Gasteiger partial charge in [0.1, 0.15) is 12.4 Å². The van der Waals surface area contributed by atoms with E-state index in [0.717, 1.165) is 35.8 Å². The molecule has 0 saturated heterocycles. The first-order chi connectivity index (χ1) is 9.85. The summed E-state index contributed by atoms with van der Waals surface area (Å²) in [7, 11) is 1.64. The number of nitrogens with zero attached hydrogens (tertiary/aromatic N) is 1. The molecule has 1 heterocycles. The minimum Gasteiger partial charge on any atom is -0.493 e. The van der Waals surface area contributed by atoms with Crippen LogP contribution in [0, 0.1) is 0 Å². The average Bonchev–Trinajstić information content (AvgIpc) is 2.52. The van der Waals surface area contributed by atoms with Crippen molar-refractivity contribution in [3.63, 3.8) is 0 Å². The van der Waals surface area contributed by atoms with Crippen LogP contribution in [0.3, 0.4) is 0 Å². The molecular weight excluding hydrogens is 252 g/mol. The van der Waals surface area contributed by atoms with Gasteiger partial charge in [-0.15, -0.1) is 0 Å². The molecule has 0 saturated carbocycles. The lowest BCUT2D eigenvalue weighted by atomic mass is 10.2. The molecule has 0 aliphatic heterocycles. The zero-order valence-electron chi connectivity index (χ0n) is 11.9. The van der Waals surface area contributed by atoms with Crippen molar-refractivity contribution in [3.05, 3.63) is 48.2 Å². The van der Waals surface area contributed by atoms with Crippen molar-refractivity contribution in [2.75, 3.05) is 19.0 Å². The van der Waals surface area contributed by atoms with Crippen LogP contribution in [0.1, 0.15) is 18.9 Å². The molecule has 0 unspecified atom stereocenters. The molecule has 2 rings (SSSR count). The van der Waals surface area contributed by atoms with Crippen LogP contribution in [0.5, 0.6) is 11.5 Å². The molecule has 2 aromatic rings. The predicted molar refractivity (Wildman–Crippen MR) is 80.3 cm³/mol. The molecule has 0 amide bonds. The highest BCUT2D eigenvalue weighted by molar-refractivity contribution is 5.44. The van der Waals surface area contributed by atoms with Gasteiger partial charge in [0.05, 0.1) is 7.11 Å². The second kappa shape index (κ2) is 7.38. The van der Waals surface area contributed by atoms with E-state index in [1.54, 1.807) is 13.3 Å². The first-order valence-electron chi connectivity index (χ1n) is 6.78. The highest BCUT2D eigenvalue weighted by Gasteiger charge is 2.06. The van der Waals surface area contributed by atoms with Crippen molar-refractivity contribution in [2.24, 2.45) is 0 Å². The molecule has 0 radical (unpaired) electrons. The smallest absolute Gasteiger partial charge is 0.161 e. The lowest BCUT2D eigenvalue weighted by molar-refractivity contribution is 0.284. The van der Waals surface area contributed by atoms with E-state index in [1.165, 1.54) is 0 Å². The Morgan fingerprint density at radius 1 is 1.10 bits per heavy atom. The van der Waals surface area contributed by atoms with Gasteiger partial charge in [0.25, 0.3) is 0 Å². The molecule has 0 atom stereocenters. The van der Waals surface area contributed by atoms with Gasteiger partial charge in [0.15, 0.2) is 11.5 Å². The molecule has 106 valence electrons. The number of rotatable bonds is 7. The van der Waals surface area contributed by atoms with Crippen LogP contribution in [0.25, 0.3) is 0 Å². The maximum absolute atomic E-state index is 5.83. The standard InChI is InChI=1S/C16H20N2O2/c1-3-10-17-16-13(7-6-11-18-16)12-20-15-9-5-4-8-14(15)19-2/h4-9,11H,3,10,12H2,1-2H3,(H,17,18). The van der Waals surface area contributed by atoms with Gasteiger partial charge >= 0.3 is 0 Å². The Morgan fingerprint density at radius 3 is 2.65 bits per heavy atom. The Hall–Kier alpha value is -2.23. The first-order valence-corrected chi connectivity index (χ1v) is 6.78. The van der Waals surface area contributed by atoms with E-state index >= 15 is 0 Å². The molecule has 4 heteroatoms. The van der Waals surface area contributed by atoms with Crippen molar-refractivity contribution < 1.29 is 9.47 Å². The quantitative estimate of drug-likeness (QED) is 0.838. The summed E-state index contributed by atoms with van der Waals surface area (Å²) >= 11 is 0. The summed E-state index contributed by atoms with van der Waals surface area (Å²) < 4.78 is 11.1. The van der Waals surface area contributed by atoms with Crippen LogP contribution in [0.2, 0.25) is 0 Å². The van der Waals surface area contributed by atoms with Crippen molar-refractivity contribution in [1.29, 1.82) is 0 Å². The molecule has 20 heavy (non-hydrogen) atoms. The molecular formula is C16H20N2O2. The number of hydrogen-bond donors (Lipinski definition) is 1. The second-order valence-corrected chi connectivity index (χ2v) is 4.38. The minimum absolute atomic E-state index is 0.459. The van der Waals surface area contributed by atoms with Gasteiger partial charge < -0.3 is 14.8 Å². The number of hydrogen-bond acceptors (Lipinski definition) is 4. The molecule has 0 spiro atoms. The Bertz CT molecular complexity index is 544. The van der Waals surface area contributed by atoms with Gasteiger partial charge in [-0.25, -0.2) is 4.98 Å². The number of aromatic nitrogens is 1. The average molecular weight is 272 g/mol. The third-order valence-corrected chi connectivity index (χ3v) is 2.89. The SMILES string of the molecule is CCCNc1ncccc1COc1ccccc1OC. The predicted octanol–water partition coefficient (Wildman–Crippen LogP) is 3.49. The fourth-order valence-electron chi connectivity index (χ4n) is 1.85.